The largest absolute Gasteiger partial charge is 0.448 e. The van der Waals surface area contributed by atoms with E-state index < -0.39 is 5.20 Å². The third kappa shape index (κ3) is 15.6. The van der Waals surface area contributed by atoms with Crippen molar-refractivity contribution in [3.8, 4) is 0 Å². The van der Waals surface area contributed by atoms with Crippen molar-refractivity contribution in [2.75, 3.05) is 26.3 Å². The fourth-order valence-electron chi connectivity index (χ4n) is 0.696. The molecule has 2 saturated heterocycles. The van der Waals surface area contributed by atoms with Crippen LogP contribution < -0.4 is 10.6 Å². The number of alkyl carbamates (subject to hydrolysis) is 2. The Hall–Kier alpha value is -0.360. The molecule has 2 aliphatic heterocycles. The third-order valence-corrected chi connectivity index (χ3v) is 1.21. The van der Waals surface area contributed by atoms with Crippen LogP contribution in [-0.2, 0) is 14.0 Å². The lowest BCUT2D eigenvalue weighted by atomic mass is 10.7. The van der Waals surface area contributed by atoms with E-state index >= 15 is 0 Å². The second-order valence-corrected chi connectivity index (χ2v) is 9.16. The minimum atomic E-state index is -3.22. The van der Waals surface area contributed by atoms with Crippen LogP contribution in [0, 0.1) is 0 Å². The number of ether oxygens (including phenoxy) is 2. The van der Waals surface area contributed by atoms with Gasteiger partial charge in [0.15, 0.2) is 0 Å². The van der Waals surface area contributed by atoms with Crippen molar-refractivity contribution < 1.29 is 23.6 Å². The highest BCUT2D eigenvalue weighted by Crippen LogP contribution is 2.61. The molecule has 2 heterocycles. The van der Waals surface area contributed by atoms with Crippen molar-refractivity contribution >= 4 is 51.1 Å². The molecule has 0 aliphatic carbocycles. The first-order valence-electron chi connectivity index (χ1n) is 4.29. The quantitative estimate of drug-likeness (QED) is 0.666. The van der Waals surface area contributed by atoms with Crippen LogP contribution in [0.3, 0.4) is 0 Å². The number of amides is 2. The van der Waals surface area contributed by atoms with Crippen LogP contribution >= 0.6 is 38.9 Å². The summed E-state index contributed by atoms with van der Waals surface area (Å²) in [4.78, 5) is 19.8. The fraction of sp³-hybridized carbons (Fsp3) is 0.667. The molecule has 2 rings (SSSR count). The average molecular weight is 327 g/mol. The van der Waals surface area contributed by atoms with Crippen LogP contribution in [0.15, 0.2) is 0 Å². The highest BCUT2D eigenvalue weighted by Gasteiger charge is 2.06. The Morgan fingerprint density at radius 2 is 1.24 bits per heavy atom. The van der Waals surface area contributed by atoms with E-state index in [-0.39, 0.29) is 12.2 Å². The van der Waals surface area contributed by atoms with Crippen molar-refractivity contribution in [2.24, 2.45) is 0 Å². The SMILES string of the molecule is O=C1NCCO1.O=C1NCCO1.O=P(Cl)(Cl)Cl. The first-order valence-corrected chi connectivity index (χ1v) is 8.71. The van der Waals surface area contributed by atoms with E-state index in [2.05, 4.69) is 53.8 Å². The fourth-order valence-corrected chi connectivity index (χ4v) is 0.696. The maximum Gasteiger partial charge on any atom is 0.407 e. The normalized spacial score (nSPS) is 17.4. The Bertz CT molecular complexity index is 266. The van der Waals surface area contributed by atoms with Gasteiger partial charge in [0.1, 0.15) is 13.2 Å². The maximum atomic E-state index is 9.91. The molecule has 0 bridgehead atoms. The van der Waals surface area contributed by atoms with Gasteiger partial charge < -0.3 is 20.1 Å². The Morgan fingerprint density at radius 3 is 1.29 bits per heavy atom. The van der Waals surface area contributed by atoms with Crippen LogP contribution in [0.25, 0.3) is 0 Å². The molecule has 0 spiro atoms. The Balaban J connectivity index is 0.000000228. The van der Waals surface area contributed by atoms with Gasteiger partial charge in [-0.15, -0.1) is 0 Å². The Morgan fingerprint density at radius 1 is 0.941 bits per heavy atom. The molecule has 0 unspecified atom stereocenters. The van der Waals surface area contributed by atoms with Gasteiger partial charge in [0, 0.05) is 0 Å². The number of hydrogen-bond donors (Lipinski definition) is 2. The summed E-state index contributed by atoms with van der Waals surface area (Å²) in [7, 11) is 0. The lowest BCUT2D eigenvalue weighted by Crippen LogP contribution is -2.11. The van der Waals surface area contributed by atoms with E-state index in [1.807, 2.05) is 0 Å². The van der Waals surface area contributed by atoms with Gasteiger partial charge in [0.2, 0.25) is 0 Å². The van der Waals surface area contributed by atoms with Gasteiger partial charge in [0.25, 0.3) is 0 Å². The van der Waals surface area contributed by atoms with E-state index in [9.17, 15) is 14.2 Å². The molecule has 17 heavy (non-hydrogen) atoms. The molecule has 2 N–H and O–H groups in total. The van der Waals surface area contributed by atoms with Gasteiger partial charge in [-0.25, -0.2) is 9.59 Å². The van der Waals surface area contributed by atoms with Gasteiger partial charge in [-0.2, -0.15) is 0 Å². The summed E-state index contributed by atoms with van der Waals surface area (Å²) in [5, 5.41) is 1.69. The number of hydrogen-bond acceptors (Lipinski definition) is 5. The first-order chi connectivity index (χ1) is 7.79. The molecule has 7 nitrogen and oxygen atoms in total. The minimum Gasteiger partial charge on any atom is -0.448 e. The average Bonchev–Trinajstić information content (AvgIpc) is 2.76. The van der Waals surface area contributed by atoms with E-state index in [1.165, 1.54) is 0 Å². The van der Waals surface area contributed by atoms with Crippen LogP contribution in [0.4, 0.5) is 9.59 Å². The summed E-state index contributed by atoms with van der Waals surface area (Å²) in [6.45, 7) is 2.38. The summed E-state index contributed by atoms with van der Waals surface area (Å²) in [6, 6.07) is 0. The zero-order valence-electron chi connectivity index (χ0n) is 8.45. The zero-order chi connectivity index (χ0) is 13.3. The van der Waals surface area contributed by atoms with Gasteiger partial charge >= 0.3 is 17.4 Å². The number of carbonyl (C=O) groups is 2. The van der Waals surface area contributed by atoms with E-state index in [4.69, 9.17) is 0 Å². The van der Waals surface area contributed by atoms with Crippen molar-refractivity contribution in [2.45, 2.75) is 0 Å². The minimum absolute atomic E-state index is 0.296. The van der Waals surface area contributed by atoms with Crippen LogP contribution in [0.1, 0.15) is 0 Å². The van der Waals surface area contributed by atoms with E-state index in [1.54, 1.807) is 0 Å². The number of halogens is 3. The molecule has 0 aromatic heterocycles. The summed E-state index contributed by atoms with van der Waals surface area (Å²) >= 11 is 13.8. The van der Waals surface area contributed by atoms with E-state index in [0.29, 0.717) is 26.3 Å². The molecule has 0 aromatic carbocycles. The molecule has 0 atom stereocenters. The molecule has 100 valence electrons. The standard InChI is InChI=1S/2C3H5NO2.Cl3OP/c2*5-3-4-1-2-6-3;1-5(2,3)4/h2*1-2H2,(H,4,5);. The van der Waals surface area contributed by atoms with Gasteiger partial charge in [-0.05, 0) is 33.7 Å². The molecule has 0 aromatic rings. The van der Waals surface area contributed by atoms with Gasteiger partial charge in [-0.1, -0.05) is 0 Å². The van der Waals surface area contributed by atoms with Crippen LogP contribution in [0.2, 0.25) is 0 Å². The van der Waals surface area contributed by atoms with Crippen molar-refractivity contribution in [1.82, 2.24) is 10.6 Å². The molecule has 0 radical (unpaired) electrons. The van der Waals surface area contributed by atoms with Crippen molar-refractivity contribution in [3.63, 3.8) is 0 Å². The van der Waals surface area contributed by atoms with Gasteiger partial charge in [0.05, 0.1) is 13.1 Å². The number of cyclic esters (lactones) is 2. The molecule has 11 heteroatoms. The first kappa shape index (κ1) is 16.6. The lowest BCUT2D eigenvalue weighted by Gasteiger charge is -1.80. The predicted octanol–water partition coefficient (Wildman–Crippen LogP) is 2.26. The van der Waals surface area contributed by atoms with E-state index in [0.717, 1.165) is 0 Å². The van der Waals surface area contributed by atoms with Crippen LogP contribution in [-0.4, -0.2) is 38.5 Å². The molecule has 2 aliphatic rings. The highest BCUT2D eigenvalue weighted by atomic mass is 36.0. The summed E-state index contributed by atoms with van der Waals surface area (Å²) in [5.74, 6) is 0. The second-order valence-electron chi connectivity index (χ2n) is 2.52. The molecule has 0 saturated carbocycles. The Kier molecular flexibility index (Phi) is 8.51. The molecular weight excluding hydrogens is 317 g/mol. The summed E-state index contributed by atoms with van der Waals surface area (Å²) in [6.07, 6.45) is -0.593. The molecule has 2 fully saturated rings. The highest BCUT2D eigenvalue weighted by molar-refractivity contribution is 8.24. The second kappa shape index (κ2) is 8.69. The number of carbonyl (C=O) groups excluding carboxylic acids is 2. The number of nitrogens with one attached hydrogen (secondary N) is 2. The molecular formula is C6H10Cl3N2O5P. The predicted molar refractivity (Wildman–Crippen MR) is 63.9 cm³/mol. The third-order valence-electron chi connectivity index (χ3n) is 1.21. The maximum absolute atomic E-state index is 9.91. The molecule has 2 amide bonds. The summed E-state index contributed by atoms with van der Waals surface area (Å²) < 4.78 is 18.3. The smallest absolute Gasteiger partial charge is 0.407 e. The number of rotatable bonds is 0. The summed E-state index contributed by atoms with van der Waals surface area (Å²) in [5.41, 5.74) is 0. The van der Waals surface area contributed by atoms with Crippen LogP contribution in [0.5, 0.6) is 0 Å². The van der Waals surface area contributed by atoms with Crippen molar-refractivity contribution in [1.29, 1.82) is 0 Å². The monoisotopic (exact) mass is 326 g/mol. The lowest BCUT2D eigenvalue weighted by molar-refractivity contribution is 0.177. The van der Waals surface area contributed by atoms with Gasteiger partial charge in [-0.3, -0.25) is 4.57 Å². The topological polar surface area (TPSA) is 93.7 Å². The van der Waals surface area contributed by atoms with Crippen molar-refractivity contribution in [3.05, 3.63) is 0 Å². The Labute approximate surface area is 112 Å². The zero-order valence-corrected chi connectivity index (χ0v) is 11.6.